The highest BCUT2D eigenvalue weighted by atomic mass is 35.5. The molecule has 2 aromatic carbocycles. The van der Waals surface area contributed by atoms with Gasteiger partial charge in [-0.05, 0) is 80.4 Å². The molecule has 4 nitrogen and oxygen atoms in total. The number of rotatable bonds is 6. The maximum Gasteiger partial charge on any atom is 0.306 e. The van der Waals surface area contributed by atoms with Crippen molar-refractivity contribution in [2.75, 3.05) is 0 Å². The molecule has 2 saturated heterocycles. The van der Waals surface area contributed by atoms with Gasteiger partial charge in [-0.3, -0.25) is 9.69 Å². The molecule has 32 heavy (non-hydrogen) atoms. The van der Waals surface area contributed by atoms with Crippen molar-refractivity contribution in [3.8, 4) is 5.75 Å². The predicted molar refractivity (Wildman–Crippen MR) is 128 cm³/mol. The molecule has 3 fully saturated rings. The molecule has 3 aliphatic rings. The van der Waals surface area contributed by atoms with E-state index in [2.05, 4.69) is 36.1 Å². The molecule has 1 N–H and O–H groups in total. The van der Waals surface area contributed by atoms with E-state index in [4.69, 9.17) is 16.3 Å². The third kappa shape index (κ3) is 4.36. The summed E-state index contributed by atoms with van der Waals surface area (Å²) in [6, 6.07) is 11.5. The largest absolute Gasteiger partial charge is 0.489 e. The number of piperidine rings is 1. The summed E-state index contributed by atoms with van der Waals surface area (Å²) in [5, 5.41) is 12.3. The van der Waals surface area contributed by atoms with Crippen LogP contribution in [0, 0.1) is 11.8 Å². The first-order valence-electron chi connectivity index (χ1n) is 12.4. The van der Waals surface area contributed by atoms with Crippen LogP contribution in [0.4, 0.5) is 0 Å². The van der Waals surface area contributed by atoms with Crippen LogP contribution in [-0.4, -0.2) is 34.2 Å². The Bertz CT molecular complexity index is 970. The fourth-order valence-corrected chi connectivity index (χ4v) is 6.57. The molecule has 2 aliphatic heterocycles. The van der Waals surface area contributed by atoms with Crippen LogP contribution in [0.2, 0.25) is 5.02 Å². The zero-order chi connectivity index (χ0) is 22.2. The van der Waals surface area contributed by atoms with E-state index < -0.39 is 5.97 Å². The number of nitrogens with zero attached hydrogens (tertiary/aromatic N) is 1. The van der Waals surface area contributed by atoms with Crippen LogP contribution >= 0.6 is 11.6 Å². The number of hydrogen-bond acceptors (Lipinski definition) is 3. The number of halogens is 1. The number of hydrogen-bond donors (Lipinski definition) is 1. The van der Waals surface area contributed by atoms with E-state index in [1.807, 2.05) is 6.07 Å². The van der Waals surface area contributed by atoms with Crippen LogP contribution in [-0.2, 0) is 11.3 Å². The zero-order valence-electron chi connectivity index (χ0n) is 18.9. The Labute approximate surface area is 195 Å². The van der Waals surface area contributed by atoms with Crippen LogP contribution in [0.5, 0.6) is 5.75 Å². The van der Waals surface area contributed by atoms with Gasteiger partial charge in [-0.1, -0.05) is 43.1 Å². The summed E-state index contributed by atoms with van der Waals surface area (Å²) < 4.78 is 6.32. The first kappa shape index (κ1) is 22.0. The average molecular weight is 456 g/mol. The molecule has 1 saturated carbocycles. The van der Waals surface area contributed by atoms with Gasteiger partial charge in [0.15, 0.2) is 0 Å². The highest BCUT2D eigenvalue weighted by Gasteiger charge is 2.42. The van der Waals surface area contributed by atoms with Crippen LogP contribution < -0.4 is 4.74 Å². The second-order valence-corrected chi connectivity index (χ2v) is 10.5. The number of aliphatic carboxylic acids is 1. The van der Waals surface area contributed by atoms with E-state index in [9.17, 15) is 9.90 Å². The third-order valence-corrected chi connectivity index (χ3v) is 8.64. The summed E-state index contributed by atoms with van der Waals surface area (Å²) in [4.78, 5) is 14.0. The number of ether oxygens (including phenoxy) is 1. The SMILES string of the molecule is CCC1CCC(Oc2ccc3cc(CN4C5CCC4CC(C(=O)O)C5)ccc3c2Cl)CC1. The van der Waals surface area contributed by atoms with Gasteiger partial charge >= 0.3 is 5.97 Å². The molecule has 0 spiro atoms. The van der Waals surface area contributed by atoms with Gasteiger partial charge in [0.2, 0.25) is 0 Å². The van der Waals surface area contributed by atoms with Gasteiger partial charge in [-0.2, -0.15) is 0 Å². The molecular formula is C27H34ClNO3. The fraction of sp³-hybridized carbons (Fsp3) is 0.593. The molecule has 0 aromatic heterocycles. The Balaban J connectivity index is 1.28. The van der Waals surface area contributed by atoms with Crippen molar-refractivity contribution < 1.29 is 14.6 Å². The lowest BCUT2D eigenvalue weighted by molar-refractivity contribution is -0.144. The molecule has 172 valence electrons. The molecule has 2 unspecified atom stereocenters. The van der Waals surface area contributed by atoms with Gasteiger partial charge in [0, 0.05) is 24.0 Å². The van der Waals surface area contributed by atoms with E-state index in [0.29, 0.717) is 17.1 Å². The van der Waals surface area contributed by atoms with E-state index in [-0.39, 0.29) is 12.0 Å². The Kier molecular flexibility index (Phi) is 6.35. The van der Waals surface area contributed by atoms with Gasteiger partial charge in [-0.15, -0.1) is 0 Å². The lowest BCUT2D eigenvalue weighted by Crippen LogP contribution is -2.44. The van der Waals surface area contributed by atoms with Gasteiger partial charge in [-0.25, -0.2) is 0 Å². The number of carbonyl (C=O) groups is 1. The molecule has 2 heterocycles. The average Bonchev–Trinajstić information content (AvgIpc) is 3.02. The number of fused-ring (bicyclic) bond motifs is 3. The van der Waals surface area contributed by atoms with Gasteiger partial charge in [0.25, 0.3) is 0 Å². The van der Waals surface area contributed by atoms with E-state index >= 15 is 0 Å². The Morgan fingerprint density at radius 1 is 1.06 bits per heavy atom. The van der Waals surface area contributed by atoms with Crippen molar-refractivity contribution in [3.05, 3.63) is 40.9 Å². The van der Waals surface area contributed by atoms with Crippen LogP contribution in [0.15, 0.2) is 30.3 Å². The fourth-order valence-electron chi connectivity index (χ4n) is 6.29. The van der Waals surface area contributed by atoms with Gasteiger partial charge < -0.3 is 9.84 Å². The van der Waals surface area contributed by atoms with Crippen molar-refractivity contribution in [3.63, 3.8) is 0 Å². The Hall–Kier alpha value is -1.78. The molecule has 1 aliphatic carbocycles. The molecule has 5 rings (SSSR count). The summed E-state index contributed by atoms with van der Waals surface area (Å²) in [6.45, 7) is 3.16. The molecular weight excluding hydrogens is 422 g/mol. The monoisotopic (exact) mass is 455 g/mol. The summed E-state index contributed by atoms with van der Waals surface area (Å²) in [5.74, 6) is 0.860. The quantitative estimate of drug-likeness (QED) is 0.528. The molecule has 0 radical (unpaired) electrons. The lowest BCUT2D eigenvalue weighted by atomic mass is 9.86. The smallest absolute Gasteiger partial charge is 0.306 e. The third-order valence-electron chi connectivity index (χ3n) is 8.25. The zero-order valence-corrected chi connectivity index (χ0v) is 19.7. The van der Waals surface area contributed by atoms with E-state index in [1.165, 1.54) is 24.8 Å². The van der Waals surface area contributed by atoms with E-state index in [0.717, 1.165) is 67.5 Å². The van der Waals surface area contributed by atoms with Crippen LogP contribution in [0.25, 0.3) is 10.8 Å². The van der Waals surface area contributed by atoms with Crippen LogP contribution in [0.1, 0.15) is 70.3 Å². The Morgan fingerprint density at radius 3 is 2.44 bits per heavy atom. The first-order valence-corrected chi connectivity index (χ1v) is 12.8. The van der Waals surface area contributed by atoms with Gasteiger partial charge in [0.05, 0.1) is 17.0 Å². The van der Waals surface area contributed by atoms with E-state index in [1.54, 1.807) is 0 Å². The van der Waals surface area contributed by atoms with Crippen molar-refractivity contribution >= 4 is 28.3 Å². The van der Waals surface area contributed by atoms with Crippen molar-refractivity contribution in [2.45, 2.75) is 89.4 Å². The normalized spacial score (nSPS) is 30.5. The maximum atomic E-state index is 11.5. The topological polar surface area (TPSA) is 49.8 Å². The molecule has 2 atom stereocenters. The summed E-state index contributed by atoms with van der Waals surface area (Å²) in [6.07, 6.45) is 10.1. The second kappa shape index (κ2) is 9.23. The molecule has 2 bridgehead atoms. The summed E-state index contributed by atoms with van der Waals surface area (Å²) in [5.41, 5.74) is 1.27. The number of carboxylic acid groups (broad SMARTS) is 1. The minimum atomic E-state index is -0.627. The summed E-state index contributed by atoms with van der Waals surface area (Å²) >= 11 is 6.77. The van der Waals surface area contributed by atoms with Crippen molar-refractivity contribution in [1.82, 2.24) is 4.90 Å². The minimum Gasteiger partial charge on any atom is -0.489 e. The maximum absolute atomic E-state index is 11.5. The minimum absolute atomic E-state index is 0.172. The Morgan fingerprint density at radius 2 is 1.78 bits per heavy atom. The predicted octanol–water partition coefficient (Wildman–Crippen LogP) is 6.67. The molecule has 0 amide bonds. The molecule has 5 heteroatoms. The number of benzene rings is 2. The second-order valence-electron chi connectivity index (χ2n) is 10.2. The summed E-state index contributed by atoms with van der Waals surface area (Å²) in [7, 11) is 0. The number of carboxylic acids is 1. The first-order chi connectivity index (χ1) is 15.5. The lowest BCUT2D eigenvalue weighted by Gasteiger charge is -2.37. The van der Waals surface area contributed by atoms with Crippen molar-refractivity contribution in [2.24, 2.45) is 11.8 Å². The van der Waals surface area contributed by atoms with Crippen molar-refractivity contribution in [1.29, 1.82) is 0 Å². The van der Waals surface area contributed by atoms with Gasteiger partial charge in [0.1, 0.15) is 5.75 Å². The molecule has 2 aromatic rings. The standard InChI is InChI=1S/C27H34ClNO3/c1-2-17-3-9-23(10-4-17)32-25-12-6-19-13-18(5-11-24(19)26(25)28)16-29-21-7-8-22(29)15-20(14-21)27(30)31/h5-6,11-13,17,20-23H,2-4,7-10,14-16H2,1H3,(H,30,31). The highest BCUT2D eigenvalue weighted by Crippen LogP contribution is 2.41. The van der Waals surface area contributed by atoms with Crippen LogP contribution in [0.3, 0.4) is 0 Å². The highest BCUT2D eigenvalue weighted by molar-refractivity contribution is 6.37.